The molecule has 1 heterocycles. The van der Waals surface area contributed by atoms with E-state index in [9.17, 15) is 0 Å². The quantitative estimate of drug-likeness (QED) is 0.246. The van der Waals surface area contributed by atoms with E-state index in [1.54, 1.807) is 0 Å². The molecule has 0 unspecified atom stereocenters. The highest BCUT2D eigenvalue weighted by Gasteiger charge is 2.10. The van der Waals surface area contributed by atoms with E-state index < -0.39 is 0 Å². The van der Waals surface area contributed by atoms with Gasteiger partial charge in [-0.2, -0.15) is 0 Å². The first-order valence-corrected chi connectivity index (χ1v) is 11.9. The number of aryl methyl sites for hydroxylation is 2. The second-order valence-electron chi connectivity index (χ2n) is 10.9. The number of ether oxygens (including phenoxy) is 2. The fourth-order valence-electron chi connectivity index (χ4n) is 3.16. The number of hydrogen-bond acceptors (Lipinski definition) is 2. The Kier molecular flexibility index (Phi) is 12.8. The Hall–Kier alpha value is -0.870. The molecule has 0 bridgehead atoms. The zero-order chi connectivity index (χ0) is 21.6. The third-order valence-corrected chi connectivity index (χ3v) is 4.73. The molecule has 0 fully saturated rings. The molecule has 0 saturated heterocycles. The van der Waals surface area contributed by atoms with Crippen LogP contribution in [0.4, 0.5) is 0 Å². The van der Waals surface area contributed by atoms with E-state index in [0.717, 1.165) is 39.5 Å². The van der Waals surface area contributed by atoms with Crippen LogP contribution in [0.3, 0.4) is 0 Å². The molecule has 0 aromatic carbocycles. The van der Waals surface area contributed by atoms with Crippen LogP contribution in [-0.4, -0.2) is 31.0 Å². The van der Waals surface area contributed by atoms with E-state index in [4.69, 9.17) is 9.47 Å². The van der Waals surface area contributed by atoms with Crippen LogP contribution in [0.5, 0.6) is 0 Å². The van der Waals surface area contributed by atoms with Gasteiger partial charge in [0, 0.05) is 13.2 Å². The van der Waals surface area contributed by atoms with Crippen molar-refractivity contribution in [1.29, 1.82) is 0 Å². The summed E-state index contributed by atoms with van der Waals surface area (Å²) in [6.45, 7) is 19.1. The molecule has 1 aromatic rings. The Morgan fingerprint density at radius 2 is 1.21 bits per heavy atom. The Balaban J connectivity index is 1.95. The topological polar surface area (TPSA) is 27.3 Å². The average molecular weight is 410 g/mol. The van der Waals surface area contributed by atoms with Crippen molar-refractivity contribution < 1.29 is 14.0 Å². The minimum Gasteiger partial charge on any atom is -0.381 e. The molecule has 0 N–H and O–H groups in total. The largest absolute Gasteiger partial charge is 0.381 e. The predicted molar refractivity (Wildman–Crippen MR) is 122 cm³/mol. The van der Waals surface area contributed by atoms with Gasteiger partial charge >= 0.3 is 0 Å². The summed E-state index contributed by atoms with van der Waals surface area (Å²) in [6, 6.07) is 0. The summed E-state index contributed by atoms with van der Waals surface area (Å²) >= 11 is 0. The molecule has 0 aliphatic carbocycles. The molecule has 0 amide bonds. The van der Waals surface area contributed by atoms with Crippen LogP contribution in [0.15, 0.2) is 18.7 Å². The van der Waals surface area contributed by atoms with Crippen LogP contribution in [-0.2, 0) is 22.6 Å². The van der Waals surface area contributed by atoms with Crippen molar-refractivity contribution in [3.8, 4) is 0 Å². The summed E-state index contributed by atoms with van der Waals surface area (Å²) in [6.07, 6.45) is 16.7. The molecule has 29 heavy (non-hydrogen) atoms. The summed E-state index contributed by atoms with van der Waals surface area (Å²) in [5.74, 6) is 0. The minimum absolute atomic E-state index is 0.282. The van der Waals surface area contributed by atoms with E-state index in [-0.39, 0.29) is 10.8 Å². The zero-order valence-corrected chi connectivity index (χ0v) is 20.3. The highest BCUT2D eigenvalue weighted by atomic mass is 16.5. The van der Waals surface area contributed by atoms with Gasteiger partial charge in [0.2, 0.25) is 6.33 Å². The Morgan fingerprint density at radius 1 is 0.690 bits per heavy atom. The Bertz CT molecular complexity index is 467. The van der Waals surface area contributed by atoms with Crippen molar-refractivity contribution in [2.75, 3.05) is 26.4 Å². The molecule has 1 rings (SSSR count). The zero-order valence-electron chi connectivity index (χ0n) is 20.3. The SMILES string of the molecule is CC(C)(C)COCCCCCCn1cc[n+](CCCCCCOCC(C)(C)C)c1. The van der Waals surface area contributed by atoms with E-state index in [0.29, 0.717) is 0 Å². The number of unbranched alkanes of at least 4 members (excludes halogenated alkanes) is 6. The van der Waals surface area contributed by atoms with Crippen LogP contribution in [0, 0.1) is 10.8 Å². The van der Waals surface area contributed by atoms with Gasteiger partial charge in [-0.15, -0.1) is 0 Å². The van der Waals surface area contributed by atoms with Gasteiger partial charge in [0.15, 0.2) is 0 Å². The molecule has 0 aliphatic heterocycles. The van der Waals surface area contributed by atoms with Gasteiger partial charge in [0.05, 0.1) is 26.3 Å². The van der Waals surface area contributed by atoms with Crippen molar-refractivity contribution in [1.82, 2.24) is 4.57 Å². The van der Waals surface area contributed by atoms with Crippen molar-refractivity contribution in [2.24, 2.45) is 10.8 Å². The number of hydrogen-bond donors (Lipinski definition) is 0. The van der Waals surface area contributed by atoms with Gasteiger partial charge in [0.25, 0.3) is 0 Å². The first-order valence-electron chi connectivity index (χ1n) is 11.9. The van der Waals surface area contributed by atoms with Crippen molar-refractivity contribution >= 4 is 0 Å². The van der Waals surface area contributed by atoms with E-state index >= 15 is 0 Å². The second-order valence-corrected chi connectivity index (χ2v) is 10.9. The molecule has 0 atom stereocenters. The summed E-state index contributed by atoms with van der Waals surface area (Å²) in [7, 11) is 0. The second kappa shape index (κ2) is 14.2. The van der Waals surface area contributed by atoms with Crippen molar-refractivity contribution in [2.45, 2.75) is 106 Å². The van der Waals surface area contributed by atoms with Crippen molar-refractivity contribution in [3.63, 3.8) is 0 Å². The van der Waals surface area contributed by atoms with Gasteiger partial charge < -0.3 is 9.47 Å². The maximum Gasteiger partial charge on any atom is 0.243 e. The minimum atomic E-state index is 0.282. The highest BCUT2D eigenvalue weighted by molar-refractivity contribution is 4.66. The summed E-state index contributed by atoms with van der Waals surface area (Å²) in [5.41, 5.74) is 0.564. The standard InChI is InChI=1S/C25H49N2O2/c1-24(2,3)21-28-19-13-9-7-11-15-26-17-18-27(23-26)16-12-8-10-14-20-29-22-25(4,5)6/h17-18,23H,7-16,19-22H2,1-6H3/q+1. The lowest BCUT2D eigenvalue weighted by Gasteiger charge is -2.17. The molecule has 170 valence electrons. The average Bonchev–Trinajstić information content (AvgIpc) is 3.05. The van der Waals surface area contributed by atoms with Gasteiger partial charge in [-0.25, -0.2) is 9.13 Å². The molecule has 0 aliphatic rings. The van der Waals surface area contributed by atoms with Crippen LogP contribution in [0.1, 0.15) is 92.9 Å². The Labute approximate surface area is 181 Å². The normalized spacial score (nSPS) is 12.6. The maximum absolute atomic E-state index is 5.74. The maximum atomic E-state index is 5.74. The molecular weight excluding hydrogens is 360 g/mol. The highest BCUT2D eigenvalue weighted by Crippen LogP contribution is 2.14. The first-order chi connectivity index (χ1) is 13.7. The third-order valence-electron chi connectivity index (χ3n) is 4.73. The van der Waals surface area contributed by atoms with Gasteiger partial charge in [-0.3, -0.25) is 0 Å². The molecule has 4 heteroatoms. The van der Waals surface area contributed by atoms with Crippen LogP contribution >= 0.6 is 0 Å². The lowest BCUT2D eigenvalue weighted by atomic mass is 9.99. The fraction of sp³-hybridized carbons (Fsp3) is 0.880. The lowest BCUT2D eigenvalue weighted by molar-refractivity contribution is -0.696. The number of imidazole rings is 1. The molecule has 0 spiro atoms. The summed E-state index contributed by atoms with van der Waals surface area (Å²) < 4.78 is 16.1. The summed E-state index contributed by atoms with van der Waals surface area (Å²) in [5, 5.41) is 0. The third kappa shape index (κ3) is 16.6. The first kappa shape index (κ1) is 26.2. The van der Waals surface area contributed by atoms with Crippen LogP contribution in [0.25, 0.3) is 0 Å². The molecule has 4 nitrogen and oxygen atoms in total. The molecule has 0 saturated carbocycles. The number of rotatable bonds is 16. The van der Waals surface area contributed by atoms with E-state index in [2.05, 4.69) is 69.4 Å². The predicted octanol–water partition coefficient (Wildman–Crippen LogP) is 6.02. The van der Waals surface area contributed by atoms with E-state index in [1.807, 2.05) is 0 Å². The number of aromatic nitrogens is 2. The van der Waals surface area contributed by atoms with Crippen LogP contribution < -0.4 is 4.57 Å². The molecule has 1 aromatic heterocycles. The summed E-state index contributed by atoms with van der Waals surface area (Å²) in [4.78, 5) is 0. The smallest absolute Gasteiger partial charge is 0.243 e. The molecule has 0 radical (unpaired) electrons. The Morgan fingerprint density at radius 3 is 1.76 bits per heavy atom. The molecular formula is C25H49N2O2+. The monoisotopic (exact) mass is 409 g/mol. The number of nitrogens with zero attached hydrogens (tertiary/aromatic N) is 2. The van der Waals surface area contributed by atoms with E-state index in [1.165, 1.54) is 51.4 Å². The lowest BCUT2D eigenvalue weighted by Crippen LogP contribution is -2.30. The fourth-order valence-corrected chi connectivity index (χ4v) is 3.16. The van der Waals surface area contributed by atoms with Gasteiger partial charge in [-0.1, -0.05) is 54.4 Å². The van der Waals surface area contributed by atoms with Crippen LogP contribution in [0.2, 0.25) is 0 Å². The van der Waals surface area contributed by atoms with Gasteiger partial charge in [-0.05, 0) is 49.4 Å². The van der Waals surface area contributed by atoms with Crippen molar-refractivity contribution in [3.05, 3.63) is 18.7 Å². The van der Waals surface area contributed by atoms with Gasteiger partial charge in [0.1, 0.15) is 12.4 Å².